The molecule has 0 spiro atoms. The number of aromatic nitrogens is 2. The molecule has 0 bridgehead atoms. The van der Waals surface area contributed by atoms with E-state index >= 15 is 0 Å². The van der Waals surface area contributed by atoms with Crippen molar-refractivity contribution in [3.05, 3.63) is 45.7 Å². The van der Waals surface area contributed by atoms with E-state index in [1.54, 1.807) is 12.1 Å². The SMILES string of the molecule is CC(C)OCCCNC(=O)C1CCN(Cc2nnc(C(=O)NCc3ccc(F)cc3)s2)CC1. The molecule has 10 heteroatoms. The summed E-state index contributed by atoms with van der Waals surface area (Å²) in [6.07, 6.45) is 2.64. The van der Waals surface area contributed by atoms with Crippen molar-refractivity contribution in [2.24, 2.45) is 5.92 Å². The molecule has 180 valence electrons. The number of amides is 2. The number of nitrogens with one attached hydrogen (secondary N) is 2. The largest absolute Gasteiger partial charge is 0.379 e. The molecule has 8 nitrogen and oxygen atoms in total. The molecule has 1 saturated heterocycles. The Morgan fingerprint density at radius 2 is 1.91 bits per heavy atom. The van der Waals surface area contributed by atoms with E-state index in [4.69, 9.17) is 4.74 Å². The normalized spacial score (nSPS) is 15.0. The molecule has 0 saturated carbocycles. The van der Waals surface area contributed by atoms with Gasteiger partial charge in [-0.3, -0.25) is 14.5 Å². The van der Waals surface area contributed by atoms with Gasteiger partial charge in [0, 0.05) is 25.6 Å². The molecule has 2 heterocycles. The standard InChI is InChI=1S/C23H32FN5O3S/c1-16(2)32-13-3-10-25-21(30)18-8-11-29(12-9-18)15-20-27-28-23(33-20)22(31)26-14-17-4-6-19(24)7-5-17/h4-7,16,18H,3,8-15H2,1-2H3,(H,25,30)(H,26,31). The molecule has 1 aromatic carbocycles. The maximum atomic E-state index is 13.0. The van der Waals surface area contributed by atoms with Crippen molar-refractivity contribution in [3.63, 3.8) is 0 Å². The first-order valence-corrected chi connectivity index (χ1v) is 12.2. The highest BCUT2D eigenvalue weighted by Crippen LogP contribution is 2.20. The first-order chi connectivity index (χ1) is 15.9. The fourth-order valence-corrected chi connectivity index (χ4v) is 4.36. The maximum absolute atomic E-state index is 13.0. The smallest absolute Gasteiger partial charge is 0.282 e. The lowest BCUT2D eigenvalue weighted by Gasteiger charge is -2.30. The van der Waals surface area contributed by atoms with Crippen LogP contribution in [0.3, 0.4) is 0 Å². The van der Waals surface area contributed by atoms with Crippen LogP contribution in [-0.4, -0.2) is 59.3 Å². The van der Waals surface area contributed by atoms with Crippen molar-refractivity contribution in [2.45, 2.75) is 52.3 Å². The van der Waals surface area contributed by atoms with Gasteiger partial charge in [0.2, 0.25) is 10.9 Å². The lowest BCUT2D eigenvalue weighted by Crippen LogP contribution is -2.40. The molecule has 0 unspecified atom stereocenters. The molecular formula is C23H32FN5O3S. The lowest BCUT2D eigenvalue weighted by atomic mass is 9.96. The molecule has 2 aromatic rings. The minimum atomic E-state index is -0.310. The highest BCUT2D eigenvalue weighted by molar-refractivity contribution is 7.13. The van der Waals surface area contributed by atoms with Gasteiger partial charge in [-0.05, 0) is 63.9 Å². The third-order valence-corrected chi connectivity index (χ3v) is 6.32. The Morgan fingerprint density at radius 1 is 1.18 bits per heavy atom. The van der Waals surface area contributed by atoms with Gasteiger partial charge in [0.1, 0.15) is 10.8 Å². The number of benzene rings is 1. The number of piperidine rings is 1. The molecule has 3 rings (SSSR count). The monoisotopic (exact) mass is 477 g/mol. The molecule has 33 heavy (non-hydrogen) atoms. The summed E-state index contributed by atoms with van der Waals surface area (Å²) in [4.78, 5) is 26.9. The van der Waals surface area contributed by atoms with Gasteiger partial charge in [0.15, 0.2) is 0 Å². The van der Waals surface area contributed by atoms with Gasteiger partial charge >= 0.3 is 0 Å². The van der Waals surface area contributed by atoms with Crippen molar-refractivity contribution >= 4 is 23.2 Å². The third-order valence-electron chi connectivity index (χ3n) is 5.42. The Labute approximate surface area is 197 Å². The van der Waals surface area contributed by atoms with E-state index in [9.17, 15) is 14.0 Å². The summed E-state index contributed by atoms with van der Waals surface area (Å²) in [7, 11) is 0. The van der Waals surface area contributed by atoms with Gasteiger partial charge < -0.3 is 15.4 Å². The number of rotatable bonds is 11. The first-order valence-electron chi connectivity index (χ1n) is 11.4. The molecule has 0 radical (unpaired) electrons. The number of nitrogens with zero attached hydrogens (tertiary/aromatic N) is 3. The number of carbonyl (C=O) groups is 2. The molecule has 1 aliphatic heterocycles. The summed E-state index contributed by atoms with van der Waals surface area (Å²) in [5.41, 5.74) is 0.810. The van der Waals surface area contributed by atoms with Crippen molar-refractivity contribution in [1.82, 2.24) is 25.7 Å². The minimum Gasteiger partial charge on any atom is -0.379 e. The molecule has 0 aliphatic carbocycles. The predicted octanol–water partition coefficient (Wildman–Crippen LogP) is 2.75. The van der Waals surface area contributed by atoms with E-state index in [0.29, 0.717) is 31.2 Å². The predicted molar refractivity (Wildman–Crippen MR) is 124 cm³/mol. The Kier molecular flexibility index (Phi) is 9.71. The van der Waals surface area contributed by atoms with Crippen LogP contribution in [0.1, 0.15) is 53.5 Å². The van der Waals surface area contributed by atoms with Gasteiger partial charge in [0.05, 0.1) is 12.6 Å². The highest BCUT2D eigenvalue weighted by Gasteiger charge is 2.25. The lowest BCUT2D eigenvalue weighted by molar-refractivity contribution is -0.126. The molecule has 1 fully saturated rings. The third kappa shape index (κ3) is 8.45. The van der Waals surface area contributed by atoms with E-state index in [2.05, 4.69) is 25.7 Å². The summed E-state index contributed by atoms with van der Waals surface area (Å²) in [6.45, 7) is 7.82. The van der Waals surface area contributed by atoms with Crippen LogP contribution in [0.15, 0.2) is 24.3 Å². The zero-order chi connectivity index (χ0) is 23.6. The van der Waals surface area contributed by atoms with Crippen LogP contribution in [-0.2, 0) is 22.6 Å². The van der Waals surface area contributed by atoms with E-state index in [1.165, 1.54) is 23.5 Å². The van der Waals surface area contributed by atoms with Crippen LogP contribution in [0.2, 0.25) is 0 Å². The van der Waals surface area contributed by atoms with Crippen molar-refractivity contribution in [3.8, 4) is 0 Å². The van der Waals surface area contributed by atoms with Gasteiger partial charge in [-0.2, -0.15) is 0 Å². The average Bonchev–Trinajstić information content (AvgIpc) is 3.27. The highest BCUT2D eigenvalue weighted by atomic mass is 32.1. The Bertz CT molecular complexity index is 898. The summed E-state index contributed by atoms with van der Waals surface area (Å²) in [5.74, 6) is -0.447. The number of hydrogen-bond donors (Lipinski definition) is 2. The molecule has 2 amide bonds. The van der Waals surface area contributed by atoms with Crippen LogP contribution in [0, 0.1) is 11.7 Å². The van der Waals surface area contributed by atoms with Crippen LogP contribution in [0.5, 0.6) is 0 Å². The summed E-state index contributed by atoms with van der Waals surface area (Å²) >= 11 is 1.27. The van der Waals surface area contributed by atoms with Gasteiger partial charge in [0.25, 0.3) is 5.91 Å². The zero-order valence-electron chi connectivity index (χ0n) is 19.2. The molecule has 1 aliphatic rings. The number of likely N-dealkylation sites (tertiary alicyclic amines) is 1. The van der Waals surface area contributed by atoms with Crippen molar-refractivity contribution < 1.29 is 18.7 Å². The summed E-state index contributed by atoms with van der Waals surface area (Å²) in [5, 5.41) is 15.0. The molecule has 0 atom stereocenters. The number of ether oxygens (including phenoxy) is 1. The zero-order valence-corrected chi connectivity index (χ0v) is 20.0. The van der Waals surface area contributed by atoms with Crippen LogP contribution in [0.25, 0.3) is 0 Å². The maximum Gasteiger partial charge on any atom is 0.282 e. The molecule has 1 aromatic heterocycles. The second kappa shape index (κ2) is 12.7. The fraction of sp³-hybridized carbons (Fsp3) is 0.565. The van der Waals surface area contributed by atoms with Gasteiger partial charge in [-0.15, -0.1) is 10.2 Å². The van der Waals surface area contributed by atoms with E-state index in [0.717, 1.165) is 42.9 Å². The van der Waals surface area contributed by atoms with Crippen LogP contribution < -0.4 is 10.6 Å². The van der Waals surface area contributed by atoms with Crippen molar-refractivity contribution in [2.75, 3.05) is 26.2 Å². The molecular weight excluding hydrogens is 445 g/mol. The summed E-state index contributed by atoms with van der Waals surface area (Å²) < 4.78 is 18.5. The Morgan fingerprint density at radius 3 is 2.61 bits per heavy atom. The number of hydrogen-bond acceptors (Lipinski definition) is 7. The van der Waals surface area contributed by atoms with Crippen molar-refractivity contribution in [1.29, 1.82) is 0 Å². The minimum absolute atomic E-state index is 0.0366. The van der Waals surface area contributed by atoms with Crippen LogP contribution >= 0.6 is 11.3 Å². The average molecular weight is 478 g/mol. The topological polar surface area (TPSA) is 96.4 Å². The van der Waals surface area contributed by atoms with E-state index in [1.807, 2.05) is 13.8 Å². The summed E-state index contributed by atoms with van der Waals surface area (Å²) in [6, 6.07) is 5.99. The Balaban J connectivity index is 1.35. The van der Waals surface area contributed by atoms with Gasteiger partial charge in [-0.25, -0.2) is 4.39 Å². The number of carbonyl (C=O) groups excluding carboxylic acids is 2. The fourth-order valence-electron chi connectivity index (χ4n) is 3.56. The second-order valence-electron chi connectivity index (χ2n) is 8.42. The van der Waals surface area contributed by atoms with Gasteiger partial charge in [-0.1, -0.05) is 23.5 Å². The second-order valence-corrected chi connectivity index (χ2v) is 9.49. The van der Waals surface area contributed by atoms with E-state index in [-0.39, 0.29) is 29.7 Å². The quantitative estimate of drug-likeness (QED) is 0.483. The molecule has 2 N–H and O–H groups in total. The van der Waals surface area contributed by atoms with Crippen LogP contribution in [0.4, 0.5) is 4.39 Å². The first kappa shape index (κ1) is 25.2. The van der Waals surface area contributed by atoms with E-state index < -0.39 is 0 Å². The Hall–Kier alpha value is -2.43. The number of halogens is 1.